The third kappa shape index (κ3) is 6.13. The van der Waals surface area contributed by atoms with E-state index in [-0.39, 0.29) is 16.5 Å². The van der Waals surface area contributed by atoms with E-state index in [1.54, 1.807) is 0 Å². The maximum absolute atomic E-state index is 12.3. The Morgan fingerprint density at radius 1 is 1.21 bits per heavy atom. The number of aromatic carboxylic acids is 1. The second-order valence-electron chi connectivity index (χ2n) is 6.43. The van der Waals surface area contributed by atoms with Crippen LogP contribution in [0.25, 0.3) is 0 Å². The number of anilines is 1. The van der Waals surface area contributed by atoms with Gasteiger partial charge in [0.2, 0.25) is 10.0 Å². The van der Waals surface area contributed by atoms with Gasteiger partial charge in [0.25, 0.3) is 0 Å². The highest BCUT2D eigenvalue weighted by atomic mass is 32.2. The number of sulfonamides is 1. The van der Waals surface area contributed by atoms with Gasteiger partial charge in [0, 0.05) is 18.3 Å². The lowest BCUT2D eigenvalue weighted by atomic mass is 10.1. The van der Waals surface area contributed by atoms with E-state index in [4.69, 9.17) is 0 Å². The van der Waals surface area contributed by atoms with Gasteiger partial charge in [0.1, 0.15) is 0 Å². The fourth-order valence-electron chi connectivity index (χ4n) is 2.33. The van der Waals surface area contributed by atoms with Crippen molar-refractivity contribution in [1.82, 2.24) is 4.72 Å². The van der Waals surface area contributed by atoms with Gasteiger partial charge in [-0.3, -0.25) is 0 Å². The highest BCUT2D eigenvalue weighted by Gasteiger charge is 2.19. The van der Waals surface area contributed by atoms with Crippen molar-refractivity contribution in [2.45, 2.75) is 57.9 Å². The predicted molar refractivity (Wildman–Crippen MR) is 96.0 cm³/mol. The van der Waals surface area contributed by atoms with E-state index in [1.165, 1.54) is 18.2 Å². The Bertz CT molecular complexity index is 657. The first kappa shape index (κ1) is 20.4. The van der Waals surface area contributed by atoms with Crippen LogP contribution in [0, 0.1) is 5.92 Å². The number of nitrogens with one attached hydrogen (secondary N) is 2. The molecule has 1 aromatic rings. The van der Waals surface area contributed by atoms with E-state index in [0.717, 1.165) is 19.3 Å². The minimum Gasteiger partial charge on any atom is -0.478 e. The molecule has 0 saturated heterocycles. The minimum absolute atomic E-state index is 0.0302. The molecule has 6 nitrogen and oxygen atoms in total. The molecule has 0 saturated carbocycles. The smallest absolute Gasteiger partial charge is 0.337 e. The molecule has 7 heteroatoms. The Balaban J connectivity index is 3.02. The molecule has 0 fully saturated rings. The summed E-state index contributed by atoms with van der Waals surface area (Å²) < 4.78 is 27.1. The molecule has 0 aliphatic heterocycles. The lowest BCUT2D eigenvalue weighted by Crippen LogP contribution is -2.26. The fourth-order valence-corrected chi connectivity index (χ4v) is 3.40. The minimum atomic E-state index is -3.71. The highest BCUT2D eigenvalue weighted by molar-refractivity contribution is 7.89. The van der Waals surface area contributed by atoms with Crippen LogP contribution in [0.4, 0.5) is 5.69 Å². The van der Waals surface area contributed by atoms with Crippen LogP contribution in [-0.2, 0) is 10.0 Å². The zero-order valence-corrected chi connectivity index (χ0v) is 15.6. The van der Waals surface area contributed by atoms with Crippen LogP contribution < -0.4 is 10.0 Å². The van der Waals surface area contributed by atoms with Crippen molar-refractivity contribution in [3.63, 3.8) is 0 Å². The Kier molecular flexibility index (Phi) is 7.69. The average molecular weight is 356 g/mol. The van der Waals surface area contributed by atoms with Crippen molar-refractivity contribution in [2.24, 2.45) is 5.92 Å². The molecular weight excluding hydrogens is 328 g/mol. The highest BCUT2D eigenvalue weighted by Crippen LogP contribution is 2.22. The van der Waals surface area contributed by atoms with Gasteiger partial charge in [-0.1, -0.05) is 27.2 Å². The van der Waals surface area contributed by atoms with Gasteiger partial charge in [-0.2, -0.15) is 0 Å². The molecule has 0 radical (unpaired) electrons. The van der Waals surface area contributed by atoms with Crippen molar-refractivity contribution < 1.29 is 18.3 Å². The van der Waals surface area contributed by atoms with E-state index >= 15 is 0 Å². The largest absolute Gasteiger partial charge is 0.478 e. The summed E-state index contributed by atoms with van der Waals surface area (Å²) in [5, 5.41) is 12.5. The number of benzene rings is 1. The summed E-state index contributed by atoms with van der Waals surface area (Å²) in [6, 6.07) is 4.28. The molecule has 0 heterocycles. The first-order chi connectivity index (χ1) is 11.2. The molecule has 136 valence electrons. The van der Waals surface area contributed by atoms with Crippen LogP contribution >= 0.6 is 0 Å². The third-order valence-electron chi connectivity index (χ3n) is 3.67. The zero-order chi connectivity index (χ0) is 18.3. The molecule has 0 unspecified atom stereocenters. The molecule has 1 atom stereocenters. The monoisotopic (exact) mass is 356 g/mol. The Morgan fingerprint density at radius 2 is 1.88 bits per heavy atom. The fraction of sp³-hybridized carbons (Fsp3) is 0.588. The Hall–Kier alpha value is -1.60. The van der Waals surface area contributed by atoms with Crippen molar-refractivity contribution in [3.8, 4) is 0 Å². The number of hydrogen-bond donors (Lipinski definition) is 3. The van der Waals surface area contributed by atoms with E-state index < -0.39 is 16.0 Å². The molecule has 1 aromatic carbocycles. The van der Waals surface area contributed by atoms with Crippen LogP contribution in [-0.4, -0.2) is 32.1 Å². The average Bonchev–Trinajstić information content (AvgIpc) is 2.46. The number of rotatable bonds is 10. The normalized spacial score (nSPS) is 13.0. The molecular formula is C17H28N2O4S. The van der Waals surface area contributed by atoms with E-state index in [9.17, 15) is 18.3 Å². The van der Waals surface area contributed by atoms with Gasteiger partial charge in [-0.05, 0) is 43.9 Å². The summed E-state index contributed by atoms with van der Waals surface area (Å²) in [5.41, 5.74) is 0.397. The SMILES string of the molecule is CCC[C@@H](C)Nc1ccc(S(=O)(=O)NCCC(C)C)cc1C(=O)O. The molecule has 0 aliphatic rings. The lowest BCUT2D eigenvalue weighted by molar-refractivity contribution is 0.0697. The summed E-state index contributed by atoms with van der Waals surface area (Å²) in [7, 11) is -3.71. The van der Waals surface area contributed by atoms with Crippen molar-refractivity contribution >= 4 is 21.7 Å². The van der Waals surface area contributed by atoms with Crippen LogP contribution in [0.1, 0.15) is 57.3 Å². The summed E-state index contributed by atoms with van der Waals surface area (Å²) in [6.07, 6.45) is 2.60. The van der Waals surface area contributed by atoms with Crippen LogP contribution in [0.5, 0.6) is 0 Å². The van der Waals surface area contributed by atoms with Crippen LogP contribution in [0.15, 0.2) is 23.1 Å². The molecule has 3 N–H and O–H groups in total. The number of hydrogen-bond acceptors (Lipinski definition) is 4. The first-order valence-electron chi connectivity index (χ1n) is 8.31. The standard InChI is InChI=1S/C17H28N2O4S/c1-5-6-13(4)19-16-8-7-14(11-15(16)17(20)21)24(22,23)18-10-9-12(2)3/h7-8,11-13,18-19H,5-6,9-10H2,1-4H3,(H,20,21)/t13-/m1/s1. The topological polar surface area (TPSA) is 95.5 Å². The van der Waals surface area contributed by atoms with Gasteiger partial charge < -0.3 is 10.4 Å². The molecule has 0 amide bonds. The molecule has 0 aliphatic carbocycles. The van der Waals surface area contributed by atoms with Gasteiger partial charge in [0.15, 0.2) is 0 Å². The van der Waals surface area contributed by atoms with Gasteiger partial charge in [0.05, 0.1) is 10.5 Å². The van der Waals surface area contributed by atoms with E-state index in [1.807, 2.05) is 20.8 Å². The summed E-state index contributed by atoms with van der Waals surface area (Å²) in [4.78, 5) is 11.5. The van der Waals surface area contributed by atoms with Gasteiger partial charge in [-0.15, -0.1) is 0 Å². The maximum Gasteiger partial charge on any atom is 0.337 e. The number of carbonyl (C=O) groups is 1. The summed E-state index contributed by atoms with van der Waals surface area (Å²) >= 11 is 0. The third-order valence-corrected chi connectivity index (χ3v) is 5.13. The molecule has 24 heavy (non-hydrogen) atoms. The van der Waals surface area contributed by atoms with Crippen LogP contribution in [0.2, 0.25) is 0 Å². The van der Waals surface area contributed by atoms with Gasteiger partial charge in [-0.25, -0.2) is 17.9 Å². The second-order valence-corrected chi connectivity index (χ2v) is 8.19. The Labute approximate surface area is 144 Å². The molecule has 1 rings (SSSR count). The molecule has 0 spiro atoms. The van der Waals surface area contributed by atoms with Crippen molar-refractivity contribution in [3.05, 3.63) is 23.8 Å². The van der Waals surface area contributed by atoms with E-state index in [0.29, 0.717) is 18.2 Å². The maximum atomic E-state index is 12.3. The lowest BCUT2D eigenvalue weighted by Gasteiger charge is -2.17. The summed E-state index contributed by atoms with van der Waals surface area (Å²) in [6.45, 7) is 8.36. The zero-order valence-electron chi connectivity index (χ0n) is 14.8. The predicted octanol–water partition coefficient (Wildman–Crippen LogP) is 3.31. The quantitative estimate of drug-likeness (QED) is 0.598. The molecule has 0 bridgehead atoms. The van der Waals surface area contributed by atoms with E-state index in [2.05, 4.69) is 17.0 Å². The van der Waals surface area contributed by atoms with Crippen LogP contribution in [0.3, 0.4) is 0 Å². The van der Waals surface area contributed by atoms with Crippen molar-refractivity contribution in [2.75, 3.05) is 11.9 Å². The summed E-state index contributed by atoms with van der Waals surface area (Å²) in [5.74, 6) is -0.769. The Morgan fingerprint density at radius 3 is 2.42 bits per heavy atom. The van der Waals surface area contributed by atoms with Crippen molar-refractivity contribution in [1.29, 1.82) is 0 Å². The molecule has 0 aromatic heterocycles. The second kappa shape index (κ2) is 9.03. The van der Waals surface area contributed by atoms with Gasteiger partial charge >= 0.3 is 5.97 Å². The number of carboxylic acid groups (broad SMARTS) is 1. The first-order valence-corrected chi connectivity index (χ1v) is 9.79. The number of carboxylic acids is 1.